The van der Waals surface area contributed by atoms with Gasteiger partial charge in [-0.2, -0.15) is 0 Å². The molecule has 0 aliphatic carbocycles. The largest absolute Gasteiger partial charge is 0.396 e. The van der Waals surface area contributed by atoms with Gasteiger partial charge in [0.2, 0.25) is 0 Å². The number of nitrogens with one attached hydrogen (secondary N) is 1. The highest BCUT2D eigenvalue weighted by Gasteiger charge is 2.51. The predicted molar refractivity (Wildman–Crippen MR) is 68.0 cm³/mol. The second kappa shape index (κ2) is 7.37. The normalized spacial score (nSPS) is 22.0. The van der Waals surface area contributed by atoms with Crippen LogP contribution in [-0.4, -0.2) is 89.6 Å². The Bertz CT molecular complexity index is 191. The smallest absolute Gasteiger partial charge is 0.116 e. The van der Waals surface area contributed by atoms with Crippen LogP contribution in [-0.2, 0) is 0 Å². The van der Waals surface area contributed by atoms with Gasteiger partial charge < -0.3 is 30.2 Å². The molecule has 1 heterocycles. The number of hydrogen-bond acceptors (Lipinski definition) is 5. The highest BCUT2D eigenvalue weighted by atomic mass is 16.3. The molecule has 0 atom stereocenters. The number of aliphatic hydroxyl groups excluding tert-OH is 4. The fourth-order valence-electron chi connectivity index (χ4n) is 3.40. The maximum Gasteiger partial charge on any atom is 0.116 e. The van der Waals surface area contributed by atoms with E-state index in [0.717, 1.165) is 13.1 Å². The van der Waals surface area contributed by atoms with Crippen LogP contribution < -0.4 is 5.32 Å². The number of rotatable bonds is 8. The van der Waals surface area contributed by atoms with Gasteiger partial charge in [-0.1, -0.05) is 0 Å². The number of aliphatic hydroxyl groups is 4. The third kappa shape index (κ3) is 3.01. The SMILES string of the molecule is OCCC1(CCO)CNCC[N+]1(CCO)CCO. The molecule has 0 aromatic rings. The average Bonchev–Trinajstić information content (AvgIpc) is 2.34. The molecule has 0 aromatic carbocycles. The Hall–Kier alpha value is -0.240. The minimum atomic E-state index is -0.298. The minimum Gasteiger partial charge on any atom is -0.396 e. The van der Waals surface area contributed by atoms with Crippen LogP contribution in [0.15, 0.2) is 0 Å². The van der Waals surface area contributed by atoms with Gasteiger partial charge in [-0.15, -0.1) is 0 Å². The summed E-state index contributed by atoms with van der Waals surface area (Å²) in [6.07, 6.45) is 1.14. The van der Waals surface area contributed by atoms with E-state index in [9.17, 15) is 20.4 Å². The lowest BCUT2D eigenvalue weighted by Crippen LogP contribution is -2.74. The number of quaternary nitrogens is 1. The third-order valence-corrected chi connectivity index (χ3v) is 4.39. The molecule has 18 heavy (non-hydrogen) atoms. The van der Waals surface area contributed by atoms with Gasteiger partial charge in [0.15, 0.2) is 0 Å². The van der Waals surface area contributed by atoms with Crippen LogP contribution in [0, 0.1) is 0 Å². The zero-order valence-electron chi connectivity index (χ0n) is 11.0. The zero-order valence-corrected chi connectivity index (χ0v) is 11.0. The van der Waals surface area contributed by atoms with Gasteiger partial charge in [0.05, 0.1) is 26.3 Å². The maximum absolute atomic E-state index is 9.34. The second-order valence-electron chi connectivity index (χ2n) is 5.11. The molecule has 1 saturated heterocycles. The third-order valence-electron chi connectivity index (χ3n) is 4.39. The van der Waals surface area contributed by atoms with Crippen molar-refractivity contribution in [3.8, 4) is 0 Å². The first kappa shape index (κ1) is 15.8. The summed E-state index contributed by atoms with van der Waals surface area (Å²) in [5.41, 5.74) is -0.298. The molecular weight excluding hydrogens is 236 g/mol. The quantitative estimate of drug-likeness (QED) is 0.323. The summed E-state index contributed by atoms with van der Waals surface area (Å²) in [7, 11) is 0. The summed E-state index contributed by atoms with van der Waals surface area (Å²) in [5, 5.41) is 40.7. The van der Waals surface area contributed by atoms with E-state index in [-0.39, 0.29) is 32.0 Å². The number of piperazine rings is 1. The summed E-state index contributed by atoms with van der Waals surface area (Å²) in [5.74, 6) is 0. The van der Waals surface area contributed by atoms with Crippen LogP contribution in [0.1, 0.15) is 12.8 Å². The summed E-state index contributed by atoms with van der Waals surface area (Å²) < 4.78 is 0.578. The summed E-state index contributed by atoms with van der Waals surface area (Å²) >= 11 is 0. The molecule has 0 radical (unpaired) electrons. The molecule has 0 bridgehead atoms. The van der Waals surface area contributed by atoms with Crippen LogP contribution in [0.2, 0.25) is 0 Å². The molecule has 0 saturated carbocycles. The Morgan fingerprint density at radius 3 is 1.89 bits per heavy atom. The second-order valence-corrected chi connectivity index (χ2v) is 5.11. The summed E-state index contributed by atoms with van der Waals surface area (Å²) in [4.78, 5) is 0. The molecule has 6 heteroatoms. The van der Waals surface area contributed by atoms with E-state index in [1.807, 2.05) is 0 Å². The van der Waals surface area contributed by atoms with Crippen molar-refractivity contribution in [2.24, 2.45) is 0 Å². The van der Waals surface area contributed by atoms with Crippen LogP contribution in [0.5, 0.6) is 0 Å². The Morgan fingerprint density at radius 1 is 0.889 bits per heavy atom. The summed E-state index contributed by atoms with van der Waals surface area (Å²) in [6.45, 7) is 3.67. The van der Waals surface area contributed by atoms with Gasteiger partial charge in [0, 0.05) is 32.6 Å². The highest BCUT2D eigenvalue weighted by Crippen LogP contribution is 2.33. The van der Waals surface area contributed by atoms with Crippen molar-refractivity contribution >= 4 is 0 Å². The first-order valence-electron chi connectivity index (χ1n) is 6.70. The molecule has 0 spiro atoms. The van der Waals surface area contributed by atoms with Gasteiger partial charge in [0.1, 0.15) is 18.6 Å². The monoisotopic (exact) mass is 263 g/mol. The van der Waals surface area contributed by atoms with E-state index in [4.69, 9.17) is 0 Å². The molecule has 0 unspecified atom stereocenters. The Labute approximate surface area is 108 Å². The first-order valence-corrected chi connectivity index (χ1v) is 6.70. The molecule has 1 rings (SSSR count). The fourth-order valence-corrected chi connectivity index (χ4v) is 3.40. The van der Waals surface area contributed by atoms with Crippen molar-refractivity contribution in [3.63, 3.8) is 0 Å². The molecule has 0 aromatic heterocycles. The van der Waals surface area contributed by atoms with Crippen molar-refractivity contribution in [1.82, 2.24) is 5.32 Å². The Morgan fingerprint density at radius 2 is 1.44 bits per heavy atom. The Kier molecular flexibility index (Phi) is 6.48. The first-order chi connectivity index (χ1) is 8.70. The van der Waals surface area contributed by atoms with Gasteiger partial charge in [0.25, 0.3) is 0 Å². The van der Waals surface area contributed by atoms with Gasteiger partial charge >= 0.3 is 0 Å². The molecule has 6 nitrogen and oxygen atoms in total. The molecule has 1 fully saturated rings. The number of hydrogen-bond donors (Lipinski definition) is 5. The summed E-state index contributed by atoms with van der Waals surface area (Å²) in [6, 6.07) is 0. The standard InChI is InChI=1S/C12H27N2O4/c15-7-1-12(2-8-16)11-13-3-4-14(12,5-9-17)6-10-18/h13,15-18H,1-11H2/q+1. The zero-order chi connectivity index (χ0) is 13.5. The van der Waals surface area contributed by atoms with Crippen molar-refractivity contribution < 1.29 is 24.9 Å². The van der Waals surface area contributed by atoms with Gasteiger partial charge in [-0.05, 0) is 0 Å². The van der Waals surface area contributed by atoms with Crippen LogP contribution in [0.3, 0.4) is 0 Å². The number of nitrogens with zero attached hydrogens (tertiary/aromatic N) is 1. The molecule has 5 N–H and O–H groups in total. The molecule has 1 aliphatic rings. The molecule has 0 amide bonds. The lowest BCUT2D eigenvalue weighted by Gasteiger charge is -2.56. The van der Waals surface area contributed by atoms with Crippen molar-refractivity contribution in [3.05, 3.63) is 0 Å². The maximum atomic E-state index is 9.34. The van der Waals surface area contributed by atoms with E-state index in [0.29, 0.717) is 37.0 Å². The molecular formula is C12H27N2O4+. The van der Waals surface area contributed by atoms with Crippen LogP contribution >= 0.6 is 0 Å². The van der Waals surface area contributed by atoms with Crippen molar-refractivity contribution in [2.75, 3.05) is 59.2 Å². The highest BCUT2D eigenvalue weighted by molar-refractivity contribution is 4.88. The predicted octanol–water partition coefficient (Wildman–Crippen LogP) is -2.11. The van der Waals surface area contributed by atoms with Crippen molar-refractivity contribution in [1.29, 1.82) is 0 Å². The molecule has 1 aliphatic heterocycles. The van der Waals surface area contributed by atoms with Crippen LogP contribution in [0.25, 0.3) is 0 Å². The fraction of sp³-hybridized carbons (Fsp3) is 1.00. The molecule has 108 valence electrons. The van der Waals surface area contributed by atoms with E-state index in [2.05, 4.69) is 5.32 Å². The van der Waals surface area contributed by atoms with Crippen LogP contribution in [0.4, 0.5) is 0 Å². The van der Waals surface area contributed by atoms with E-state index in [1.54, 1.807) is 0 Å². The lowest BCUT2D eigenvalue weighted by molar-refractivity contribution is -0.979. The van der Waals surface area contributed by atoms with Crippen molar-refractivity contribution in [2.45, 2.75) is 18.4 Å². The van der Waals surface area contributed by atoms with Gasteiger partial charge in [-0.3, -0.25) is 0 Å². The van der Waals surface area contributed by atoms with E-state index >= 15 is 0 Å². The average molecular weight is 263 g/mol. The minimum absolute atomic E-state index is 0.0541. The lowest BCUT2D eigenvalue weighted by atomic mass is 9.84. The van der Waals surface area contributed by atoms with E-state index in [1.165, 1.54) is 0 Å². The topological polar surface area (TPSA) is 93.0 Å². The van der Waals surface area contributed by atoms with Gasteiger partial charge in [-0.25, -0.2) is 0 Å². The van der Waals surface area contributed by atoms with E-state index < -0.39 is 0 Å². The Balaban J connectivity index is 3.02.